The molecule has 138 valence electrons. The summed E-state index contributed by atoms with van der Waals surface area (Å²) in [6.45, 7) is 8.44. The summed E-state index contributed by atoms with van der Waals surface area (Å²) in [7, 11) is 3.06. The molecule has 1 aliphatic rings. The Balaban J connectivity index is 2.01. The molecule has 2 heterocycles. The second-order valence-electron chi connectivity index (χ2n) is 7.60. The van der Waals surface area contributed by atoms with Crippen molar-refractivity contribution in [1.29, 1.82) is 0 Å². The van der Waals surface area contributed by atoms with Crippen molar-refractivity contribution in [3.63, 3.8) is 0 Å². The standard InChI is InChI=1S/C20H24N2O4/c1-12-15(26-14-9-7-13(8-10-14)20(2,3)4)11-25-17-16(12)21(5)19(24)22(6)18(17)23/h7-10H,11H2,1-6H3. The maximum absolute atomic E-state index is 12.3. The molecule has 6 heteroatoms. The van der Waals surface area contributed by atoms with Gasteiger partial charge in [0.05, 0.1) is 5.69 Å². The fraction of sp³-hybridized carbons (Fsp3) is 0.400. The Morgan fingerprint density at radius 1 is 1.04 bits per heavy atom. The maximum Gasteiger partial charge on any atom is 0.331 e. The third-order valence-corrected chi connectivity index (χ3v) is 4.71. The molecule has 1 aromatic heterocycles. The van der Waals surface area contributed by atoms with Crippen LogP contribution in [-0.2, 0) is 19.5 Å². The van der Waals surface area contributed by atoms with Gasteiger partial charge in [-0.1, -0.05) is 32.9 Å². The quantitative estimate of drug-likeness (QED) is 0.830. The Morgan fingerprint density at radius 2 is 1.65 bits per heavy atom. The zero-order chi connectivity index (χ0) is 19.2. The first kappa shape index (κ1) is 18.0. The van der Waals surface area contributed by atoms with Crippen molar-refractivity contribution < 1.29 is 9.47 Å². The van der Waals surface area contributed by atoms with E-state index in [0.717, 1.165) is 10.1 Å². The summed E-state index contributed by atoms with van der Waals surface area (Å²) >= 11 is 0. The van der Waals surface area contributed by atoms with Crippen LogP contribution in [0.25, 0.3) is 5.57 Å². The highest BCUT2D eigenvalue weighted by atomic mass is 16.5. The summed E-state index contributed by atoms with van der Waals surface area (Å²) in [6, 6.07) is 7.90. The van der Waals surface area contributed by atoms with Crippen LogP contribution in [-0.4, -0.2) is 15.7 Å². The summed E-state index contributed by atoms with van der Waals surface area (Å²) in [5.74, 6) is 1.46. The number of rotatable bonds is 2. The third-order valence-electron chi connectivity index (χ3n) is 4.71. The van der Waals surface area contributed by atoms with E-state index in [0.29, 0.717) is 17.2 Å². The van der Waals surface area contributed by atoms with Gasteiger partial charge in [-0.3, -0.25) is 13.9 Å². The minimum Gasteiger partial charge on any atom is -0.478 e. The molecule has 1 aliphatic heterocycles. The highest BCUT2D eigenvalue weighted by molar-refractivity contribution is 5.69. The summed E-state index contributed by atoms with van der Waals surface area (Å²) in [5, 5.41) is 0. The van der Waals surface area contributed by atoms with Crippen molar-refractivity contribution in [3.05, 3.63) is 62.1 Å². The number of nitrogens with zero attached hydrogens (tertiary/aromatic N) is 2. The number of benzene rings is 1. The maximum atomic E-state index is 12.3. The molecule has 0 atom stereocenters. The van der Waals surface area contributed by atoms with Gasteiger partial charge in [0.2, 0.25) is 5.75 Å². The summed E-state index contributed by atoms with van der Waals surface area (Å²) in [5.41, 5.74) is 1.64. The van der Waals surface area contributed by atoms with E-state index < -0.39 is 11.2 Å². The van der Waals surface area contributed by atoms with E-state index in [2.05, 4.69) is 20.8 Å². The molecule has 0 amide bonds. The van der Waals surface area contributed by atoms with Gasteiger partial charge in [0, 0.05) is 19.7 Å². The zero-order valence-electron chi connectivity index (χ0n) is 16.0. The Bertz CT molecular complexity index is 1000. The van der Waals surface area contributed by atoms with Crippen LogP contribution in [0.15, 0.2) is 39.6 Å². The largest absolute Gasteiger partial charge is 0.478 e. The third kappa shape index (κ3) is 2.96. The van der Waals surface area contributed by atoms with E-state index in [1.165, 1.54) is 17.2 Å². The normalized spacial score (nSPS) is 14.1. The van der Waals surface area contributed by atoms with Gasteiger partial charge in [-0.15, -0.1) is 0 Å². The number of aromatic nitrogens is 2. The lowest BCUT2D eigenvalue weighted by Gasteiger charge is -2.24. The van der Waals surface area contributed by atoms with Crippen LogP contribution in [0.5, 0.6) is 11.5 Å². The number of hydrogen-bond acceptors (Lipinski definition) is 4. The van der Waals surface area contributed by atoms with E-state index in [-0.39, 0.29) is 17.8 Å². The van der Waals surface area contributed by atoms with Crippen molar-refractivity contribution >= 4 is 5.57 Å². The van der Waals surface area contributed by atoms with Crippen LogP contribution in [0.4, 0.5) is 0 Å². The second kappa shape index (κ2) is 6.20. The minimum atomic E-state index is -0.434. The van der Waals surface area contributed by atoms with Crippen LogP contribution in [0.2, 0.25) is 0 Å². The van der Waals surface area contributed by atoms with Gasteiger partial charge in [-0.05, 0) is 30.0 Å². The Kier molecular flexibility index (Phi) is 4.30. The van der Waals surface area contributed by atoms with Gasteiger partial charge in [0.15, 0.2) is 0 Å². The van der Waals surface area contributed by atoms with E-state index in [9.17, 15) is 9.59 Å². The average molecular weight is 356 g/mol. The number of fused-ring (bicyclic) bond motifs is 1. The van der Waals surface area contributed by atoms with Crippen LogP contribution < -0.4 is 20.7 Å². The molecule has 6 nitrogen and oxygen atoms in total. The fourth-order valence-corrected chi connectivity index (χ4v) is 3.01. The first-order chi connectivity index (χ1) is 12.1. The highest BCUT2D eigenvalue weighted by Crippen LogP contribution is 2.31. The lowest BCUT2D eigenvalue weighted by Crippen LogP contribution is -2.40. The van der Waals surface area contributed by atoms with Crippen LogP contribution in [0, 0.1) is 0 Å². The van der Waals surface area contributed by atoms with Crippen LogP contribution >= 0.6 is 0 Å². The van der Waals surface area contributed by atoms with Crippen molar-refractivity contribution in [2.45, 2.75) is 33.1 Å². The van der Waals surface area contributed by atoms with Crippen LogP contribution in [0.1, 0.15) is 39.0 Å². The average Bonchev–Trinajstić information content (AvgIpc) is 2.59. The molecule has 0 aliphatic carbocycles. The van der Waals surface area contributed by atoms with E-state index in [1.807, 2.05) is 31.2 Å². The van der Waals surface area contributed by atoms with Gasteiger partial charge in [-0.2, -0.15) is 0 Å². The SMILES string of the molecule is CC1=C(Oc2ccc(C(C)(C)C)cc2)COc2c1n(C)c(=O)n(C)c2=O. The smallest absolute Gasteiger partial charge is 0.331 e. The molecule has 0 saturated carbocycles. The molecule has 0 unspecified atom stereocenters. The molecule has 0 radical (unpaired) electrons. The Morgan fingerprint density at radius 3 is 2.23 bits per heavy atom. The van der Waals surface area contributed by atoms with Gasteiger partial charge in [0.1, 0.15) is 18.1 Å². The van der Waals surface area contributed by atoms with Gasteiger partial charge >= 0.3 is 5.69 Å². The first-order valence-corrected chi connectivity index (χ1v) is 8.52. The summed E-state index contributed by atoms with van der Waals surface area (Å²) < 4.78 is 14.1. The minimum absolute atomic E-state index is 0.0684. The Labute approximate surface area is 152 Å². The molecule has 0 saturated heterocycles. The van der Waals surface area contributed by atoms with Gasteiger partial charge in [0.25, 0.3) is 5.56 Å². The molecular formula is C20H24N2O4. The number of ether oxygens (including phenoxy) is 2. The lowest BCUT2D eigenvalue weighted by molar-refractivity contribution is 0.265. The molecule has 2 aromatic rings. The fourth-order valence-electron chi connectivity index (χ4n) is 3.01. The molecule has 0 bridgehead atoms. The second-order valence-corrected chi connectivity index (χ2v) is 7.60. The van der Waals surface area contributed by atoms with E-state index in [4.69, 9.17) is 9.47 Å². The number of allylic oxidation sites excluding steroid dienone is 1. The van der Waals surface area contributed by atoms with Crippen LogP contribution in [0.3, 0.4) is 0 Å². The van der Waals surface area contributed by atoms with E-state index in [1.54, 1.807) is 7.05 Å². The Hall–Kier alpha value is -2.76. The van der Waals surface area contributed by atoms with Gasteiger partial charge in [-0.25, -0.2) is 4.79 Å². The number of hydrogen-bond donors (Lipinski definition) is 0. The van der Waals surface area contributed by atoms with Crippen molar-refractivity contribution in [3.8, 4) is 11.5 Å². The van der Waals surface area contributed by atoms with Crippen molar-refractivity contribution in [2.75, 3.05) is 6.61 Å². The molecular weight excluding hydrogens is 332 g/mol. The van der Waals surface area contributed by atoms with E-state index >= 15 is 0 Å². The molecule has 1 aromatic carbocycles. The van der Waals surface area contributed by atoms with Gasteiger partial charge < -0.3 is 9.47 Å². The summed E-state index contributed by atoms with van der Waals surface area (Å²) in [6.07, 6.45) is 0. The molecule has 0 N–H and O–H groups in total. The lowest BCUT2D eigenvalue weighted by atomic mass is 9.87. The molecule has 0 spiro atoms. The topological polar surface area (TPSA) is 62.5 Å². The summed E-state index contributed by atoms with van der Waals surface area (Å²) in [4.78, 5) is 24.5. The predicted molar refractivity (Wildman–Crippen MR) is 101 cm³/mol. The monoisotopic (exact) mass is 356 g/mol. The zero-order valence-corrected chi connectivity index (χ0v) is 16.0. The predicted octanol–water partition coefficient (Wildman–Crippen LogP) is 2.58. The highest BCUT2D eigenvalue weighted by Gasteiger charge is 2.26. The first-order valence-electron chi connectivity index (χ1n) is 8.52. The van der Waals surface area contributed by atoms with Crippen molar-refractivity contribution in [2.24, 2.45) is 14.1 Å². The molecule has 3 rings (SSSR count). The molecule has 26 heavy (non-hydrogen) atoms. The molecule has 0 fully saturated rings. The van der Waals surface area contributed by atoms with Crippen molar-refractivity contribution in [1.82, 2.24) is 9.13 Å².